The summed E-state index contributed by atoms with van der Waals surface area (Å²) in [4.78, 5) is 3.93. The van der Waals surface area contributed by atoms with Crippen molar-refractivity contribution in [1.29, 1.82) is 0 Å². The fraction of sp³-hybridized carbons (Fsp3) is 0.429. The number of aromatic nitrogens is 3. The summed E-state index contributed by atoms with van der Waals surface area (Å²) < 4.78 is 1.82. The van der Waals surface area contributed by atoms with Crippen LogP contribution in [0.15, 0.2) is 36.9 Å². The van der Waals surface area contributed by atoms with Crippen molar-refractivity contribution >= 4 is 5.69 Å². The van der Waals surface area contributed by atoms with E-state index in [9.17, 15) is 0 Å². The summed E-state index contributed by atoms with van der Waals surface area (Å²) in [7, 11) is 0. The number of anilines is 1. The molecule has 0 fully saturated rings. The zero-order chi connectivity index (χ0) is 12.8. The normalized spacial score (nSPS) is 12.3. The van der Waals surface area contributed by atoms with Gasteiger partial charge in [0.05, 0.1) is 6.54 Å². The van der Waals surface area contributed by atoms with Crippen LogP contribution in [0.25, 0.3) is 0 Å². The number of rotatable bonds is 6. The van der Waals surface area contributed by atoms with E-state index in [4.69, 9.17) is 0 Å². The van der Waals surface area contributed by atoms with E-state index in [0.717, 1.165) is 13.1 Å². The molecule has 0 bridgehead atoms. The molecule has 1 aromatic heterocycles. The molecule has 0 radical (unpaired) electrons. The fourth-order valence-electron chi connectivity index (χ4n) is 1.67. The average molecular weight is 244 g/mol. The van der Waals surface area contributed by atoms with Gasteiger partial charge >= 0.3 is 0 Å². The highest BCUT2D eigenvalue weighted by Gasteiger charge is 1.99. The highest BCUT2D eigenvalue weighted by molar-refractivity contribution is 5.44. The molecule has 4 heteroatoms. The molecule has 0 saturated heterocycles. The van der Waals surface area contributed by atoms with Crippen LogP contribution in [0.4, 0.5) is 5.69 Å². The zero-order valence-corrected chi connectivity index (χ0v) is 11.0. The SMILES string of the molecule is CCC(C)CNc1ccc(Cn2cncn2)cc1. The third kappa shape index (κ3) is 3.58. The lowest BCUT2D eigenvalue weighted by Gasteiger charge is -2.11. The van der Waals surface area contributed by atoms with E-state index in [2.05, 4.69) is 53.5 Å². The van der Waals surface area contributed by atoms with Gasteiger partial charge in [-0.15, -0.1) is 0 Å². The molecule has 96 valence electrons. The molecule has 1 heterocycles. The lowest BCUT2D eigenvalue weighted by atomic mass is 10.1. The summed E-state index contributed by atoms with van der Waals surface area (Å²) in [6.07, 6.45) is 4.49. The third-order valence-electron chi connectivity index (χ3n) is 3.12. The molecule has 0 saturated carbocycles. The topological polar surface area (TPSA) is 42.7 Å². The lowest BCUT2D eigenvalue weighted by molar-refractivity contribution is 0.593. The van der Waals surface area contributed by atoms with Crippen molar-refractivity contribution in [2.45, 2.75) is 26.8 Å². The van der Waals surface area contributed by atoms with Crippen molar-refractivity contribution in [3.05, 3.63) is 42.5 Å². The maximum atomic E-state index is 4.09. The van der Waals surface area contributed by atoms with Crippen LogP contribution in [0, 0.1) is 5.92 Å². The van der Waals surface area contributed by atoms with E-state index in [0.29, 0.717) is 5.92 Å². The summed E-state index contributed by atoms with van der Waals surface area (Å²) in [5.41, 5.74) is 2.41. The van der Waals surface area contributed by atoms with E-state index in [1.54, 1.807) is 12.7 Å². The quantitative estimate of drug-likeness (QED) is 0.849. The lowest BCUT2D eigenvalue weighted by Crippen LogP contribution is -2.10. The number of nitrogens with zero attached hydrogens (tertiary/aromatic N) is 3. The van der Waals surface area contributed by atoms with Crippen LogP contribution in [0.1, 0.15) is 25.8 Å². The van der Waals surface area contributed by atoms with Crippen LogP contribution in [0.5, 0.6) is 0 Å². The van der Waals surface area contributed by atoms with Crippen LogP contribution in [0.2, 0.25) is 0 Å². The summed E-state index contributed by atoms with van der Waals surface area (Å²) in [6, 6.07) is 8.49. The van der Waals surface area contributed by atoms with Crippen molar-refractivity contribution in [1.82, 2.24) is 14.8 Å². The van der Waals surface area contributed by atoms with E-state index in [1.807, 2.05) is 4.68 Å². The first kappa shape index (κ1) is 12.6. The Labute approximate surface area is 108 Å². The van der Waals surface area contributed by atoms with Gasteiger partial charge in [0, 0.05) is 12.2 Å². The molecule has 1 N–H and O–H groups in total. The zero-order valence-electron chi connectivity index (χ0n) is 11.0. The molecular weight excluding hydrogens is 224 g/mol. The minimum atomic E-state index is 0.708. The van der Waals surface area contributed by atoms with Gasteiger partial charge in [0.1, 0.15) is 12.7 Å². The molecule has 1 atom stereocenters. The van der Waals surface area contributed by atoms with Crippen LogP contribution in [-0.4, -0.2) is 21.3 Å². The maximum Gasteiger partial charge on any atom is 0.137 e. The summed E-state index contributed by atoms with van der Waals surface area (Å²) in [5, 5.41) is 7.54. The second kappa shape index (κ2) is 6.19. The van der Waals surface area contributed by atoms with Crippen molar-refractivity contribution < 1.29 is 0 Å². The van der Waals surface area contributed by atoms with Gasteiger partial charge in [0.15, 0.2) is 0 Å². The van der Waals surface area contributed by atoms with E-state index >= 15 is 0 Å². The predicted molar refractivity (Wildman–Crippen MR) is 73.5 cm³/mol. The molecule has 1 unspecified atom stereocenters. The first-order chi connectivity index (χ1) is 8.78. The smallest absolute Gasteiger partial charge is 0.137 e. The Hall–Kier alpha value is -1.84. The molecule has 0 aliphatic carbocycles. The van der Waals surface area contributed by atoms with Crippen LogP contribution in [0.3, 0.4) is 0 Å². The molecule has 2 aromatic rings. The van der Waals surface area contributed by atoms with Crippen LogP contribution >= 0.6 is 0 Å². The highest BCUT2D eigenvalue weighted by atomic mass is 15.3. The molecular formula is C14H20N4. The van der Waals surface area contributed by atoms with Gasteiger partial charge in [-0.1, -0.05) is 32.4 Å². The molecule has 2 rings (SSSR count). The van der Waals surface area contributed by atoms with Crippen molar-refractivity contribution in [2.24, 2.45) is 5.92 Å². The third-order valence-corrected chi connectivity index (χ3v) is 3.12. The van der Waals surface area contributed by atoms with Gasteiger partial charge in [-0.25, -0.2) is 9.67 Å². The van der Waals surface area contributed by atoms with E-state index in [-0.39, 0.29) is 0 Å². The molecule has 0 aliphatic rings. The minimum absolute atomic E-state index is 0.708. The summed E-state index contributed by atoms with van der Waals surface area (Å²) in [5.74, 6) is 0.708. The minimum Gasteiger partial charge on any atom is -0.385 e. The number of hydrogen-bond acceptors (Lipinski definition) is 3. The Morgan fingerprint density at radius 1 is 1.28 bits per heavy atom. The molecule has 18 heavy (non-hydrogen) atoms. The Kier molecular flexibility index (Phi) is 4.34. The van der Waals surface area contributed by atoms with Gasteiger partial charge in [-0.3, -0.25) is 0 Å². The fourth-order valence-corrected chi connectivity index (χ4v) is 1.67. The maximum absolute atomic E-state index is 4.09. The predicted octanol–water partition coefficient (Wildman–Crippen LogP) is 2.78. The van der Waals surface area contributed by atoms with Crippen molar-refractivity contribution in [2.75, 3.05) is 11.9 Å². The summed E-state index contributed by atoms with van der Waals surface area (Å²) in [6.45, 7) is 6.27. The number of benzene rings is 1. The Morgan fingerprint density at radius 2 is 2.06 bits per heavy atom. The highest BCUT2D eigenvalue weighted by Crippen LogP contribution is 2.11. The van der Waals surface area contributed by atoms with Gasteiger partial charge in [0.2, 0.25) is 0 Å². The molecule has 0 aliphatic heterocycles. The molecule has 0 spiro atoms. The first-order valence-electron chi connectivity index (χ1n) is 6.43. The van der Waals surface area contributed by atoms with Crippen molar-refractivity contribution in [3.63, 3.8) is 0 Å². The molecule has 0 amide bonds. The van der Waals surface area contributed by atoms with E-state index < -0.39 is 0 Å². The first-order valence-corrected chi connectivity index (χ1v) is 6.43. The van der Waals surface area contributed by atoms with Gasteiger partial charge in [-0.05, 0) is 23.6 Å². The number of hydrogen-bond donors (Lipinski definition) is 1. The van der Waals surface area contributed by atoms with Crippen LogP contribution in [-0.2, 0) is 6.54 Å². The van der Waals surface area contributed by atoms with Gasteiger partial charge in [0.25, 0.3) is 0 Å². The second-order valence-electron chi connectivity index (χ2n) is 4.68. The average Bonchev–Trinajstić information content (AvgIpc) is 2.90. The second-order valence-corrected chi connectivity index (χ2v) is 4.68. The molecule has 4 nitrogen and oxygen atoms in total. The monoisotopic (exact) mass is 244 g/mol. The Balaban J connectivity index is 1.89. The molecule has 1 aromatic carbocycles. The number of nitrogens with one attached hydrogen (secondary N) is 1. The summed E-state index contributed by atoms with van der Waals surface area (Å²) >= 11 is 0. The van der Waals surface area contributed by atoms with Gasteiger partial charge < -0.3 is 5.32 Å². The standard InChI is InChI=1S/C14H20N4/c1-3-12(2)8-16-14-6-4-13(5-7-14)9-18-11-15-10-17-18/h4-7,10-12,16H,3,8-9H2,1-2H3. The van der Waals surface area contributed by atoms with Crippen LogP contribution < -0.4 is 5.32 Å². The Morgan fingerprint density at radius 3 is 2.67 bits per heavy atom. The largest absolute Gasteiger partial charge is 0.385 e. The Bertz CT molecular complexity index is 447. The van der Waals surface area contributed by atoms with Gasteiger partial charge in [-0.2, -0.15) is 5.10 Å². The van der Waals surface area contributed by atoms with E-state index in [1.165, 1.54) is 17.7 Å². The van der Waals surface area contributed by atoms with Crippen molar-refractivity contribution in [3.8, 4) is 0 Å².